The van der Waals surface area contributed by atoms with Crippen LogP contribution in [0.15, 0.2) is 18.3 Å². The van der Waals surface area contributed by atoms with Gasteiger partial charge in [-0.25, -0.2) is 8.42 Å². The lowest BCUT2D eigenvalue weighted by Gasteiger charge is -2.14. The first-order valence-electron chi connectivity index (χ1n) is 5.09. The molecule has 0 N–H and O–H groups in total. The summed E-state index contributed by atoms with van der Waals surface area (Å²) in [5, 5.41) is -0.119. The minimum atomic E-state index is -3.04. The molecule has 2 aliphatic rings. The van der Waals surface area contributed by atoms with Gasteiger partial charge in [0.15, 0.2) is 0 Å². The molecule has 1 fully saturated rings. The van der Waals surface area contributed by atoms with Crippen LogP contribution in [-0.4, -0.2) is 23.0 Å². The Morgan fingerprint density at radius 1 is 1.33 bits per heavy atom. The Hall–Kier alpha value is -0.940. The second kappa shape index (κ2) is 3.02. The third-order valence-corrected chi connectivity index (χ3v) is 5.25. The molecule has 1 aliphatic carbocycles. The molecule has 15 heavy (non-hydrogen) atoms. The first-order chi connectivity index (χ1) is 7.18. The molecular weight excluding hydrogens is 212 g/mol. The summed E-state index contributed by atoms with van der Waals surface area (Å²) in [7, 11) is -3.04. The molecule has 1 aromatic heterocycles. The van der Waals surface area contributed by atoms with E-state index < -0.39 is 10.0 Å². The zero-order valence-corrected chi connectivity index (χ0v) is 9.07. The van der Waals surface area contributed by atoms with Gasteiger partial charge in [-0.2, -0.15) is 4.31 Å². The van der Waals surface area contributed by atoms with E-state index in [9.17, 15) is 8.42 Å². The molecule has 1 aromatic rings. The Labute approximate surface area is 89.0 Å². The molecule has 0 radical (unpaired) electrons. The predicted octanol–water partition coefficient (Wildman–Crippen LogP) is 0.889. The number of hydrogen-bond donors (Lipinski definition) is 0. The number of sulfonamides is 1. The predicted molar refractivity (Wildman–Crippen MR) is 55.4 cm³/mol. The van der Waals surface area contributed by atoms with Gasteiger partial charge in [0.25, 0.3) is 0 Å². The second-order valence-corrected chi connectivity index (χ2v) is 6.33. The Kier molecular flexibility index (Phi) is 1.87. The number of pyridine rings is 1. The fourth-order valence-electron chi connectivity index (χ4n) is 1.93. The van der Waals surface area contributed by atoms with Gasteiger partial charge in [-0.3, -0.25) is 4.98 Å². The van der Waals surface area contributed by atoms with Crippen LogP contribution in [0.25, 0.3) is 0 Å². The molecule has 80 valence electrons. The van der Waals surface area contributed by atoms with Crippen molar-refractivity contribution in [2.75, 3.05) is 0 Å². The fraction of sp³-hybridized carbons (Fsp3) is 0.500. The molecule has 0 bridgehead atoms. The molecule has 0 aromatic carbocycles. The minimum Gasteiger partial charge on any atom is -0.260 e. The molecule has 0 saturated heterocycles. The van der Waals surface area contributed by atoms with Gasteiger partial charge in [0.2, 0.25) is 10.0 Å². The van der Waals surface area contributed by atoms with E-state index in [2.05, 4.69) is 4.98 Å². The summed E-state index contributed by atoms with van der Waals surface area (Å²) in [6.45, 7) is 0.955. The zero-order valence-electron chi connectivity index (χ0n) is 8.26. The van der Waals surface area contributed by atoms with Crippen LogP contribution in [0.2, 0.25) is 0 Å². The molecule has 0 spiro atoms. The van der Waals surface area contributed by atoms with Crippen molar-refractivity contribution in [1.29, 1.82) is 0 Å². The molecule has 1 aliphatic heterocycles. The van der Waals surface area contributed by atoms with E-state index in [4.69, 9.17) is 0 Å². The molecule has 0 amide bonds. The molecule has 0 unspecified atom stereocenters. The summed E-state index contributed by atoms with van der Waals surface area (Å²) < 4.78 is 25.5. The maximum atomic E-state index is 12.0. The molecule has 4 nitrogen and oxygen atoms in total. The van der Waals surface area contributed by atoms with Crippen LogP contribution in [-0.2, 0) is 23.1 Å². The SMILES string of the molecule is O=S(=O)(C1CC1)N1Cc2cccnc2C1. The van der Waals surface area contributed by atoms with E-state index in [0.717, 1.165) is 24.1 Å². The van der Waals surface area contributed by atoms with Crippen LogP contribution >= 0.6 is 0 Å². The van der Waals surface area contributed by atoms with Gasteiger partial charge in [0.1, 0.15) is 0 Å². The van der Waals surface area contributed by atoms with Crippen molar-refractivity contribution < 1.29 is 8.42 Å². The van der Waals surface area contributed by atoms with E-state index in [1.165, 1.54) is 0 Å². The standard InChI is InChI=1S/C10H12N2O2S/c13-15(14,9-3-4-9)12-6-8-2-1-5-11-10(8)7-12/h1-2,5,9H,3-4,6-7H2. The number of aromatic nitrogens is 1. The van der Waals surface area contributed by atoms with Crippen LogP contribution < -0.4 is 0 Å². The highest BCUT2D eigenvalue weighted by Crippen LogP contribution is 2.34. The van der Waals surface area contributed by atoms with E-state index in [1.54, 1.807) is 10.5 Å². The van der Waals surface area contributed by atoms with Gasteiger partial charge in [0, 0.05) is 12.7 Å². The fourth-order valence-corrected chi connectivity index (χ4v) is 3.70. The Morgan fingerprint density at radius 3 is 2.80 bits per heavy atom. The summed E-state index contributed by atoms with van der Waals surface area (Å²) in [6.07, 6.45) is 3.36. The summed E-state index contributed by atoms with van der Waals surface area (Å²) >= 11 is 0. The Bertz CT molecular complexity index is 469. The molecule has 3 rings (SSSR count). The highest BCUT2D eigenvalue weighted by molar-refractivity contribution is 7.90. The van der Waals surface area contributed by atoms with E-state index in [-0.39, 0.29) is 5.25 Å². The monoisotopic (exact) mass is 224 g/mol. The van der Waals surface area contributed by atoms with Crippen molar-refractivity contribution in [2.45, 2.75) is 31.2 Å². The Balaban J connectivity index is 1.90. The average Bonchev–Trinajstić information content (AvgIpc) is 2.97. The van der Waals surface area contributed by atoms with Gasteiger partial charge in [-0.15, -0.1) is 0 Å². The van der Waals surface area contributed by atoms with Crippen LogP contribution in [0.5, 0.6) is 0 Å². The molecule has 0 atom stereocenters. The highest BCUT2D eigenvalue weighted by Gasteiger charge is 2.42. The van der Waals surface area contributed by atoms with Crippen LogP contribution in [0.1, 0.15) is 24.1 Å². The summed E-state index contributed by atoms with van der Waals surface area (Å²) in [5.74, 6) is 0. The number of hydrogen-bond acceptors (Lipinski definition) is 3. The minimum absolute atomic E-state index is 0.119. The van der Waals surface area contributed by atoms with Gasteiger partial charge in [-0.1, -0.05) is 6.07 Å². The molecule has 2 heterocycles. The normalized spacial score (nSPS) is 21.6. The van der Waals surface area contributed by atoms with Crippen molar-refractivity contribution in [3.05, 3.63) is 29.6 Å². The van der Waals surface area contributed by atoms with Crippen LogP contribution in [0.4, 0.5) is 0 Å². The van der Waals surface area contributed by atoms with E-state index in [0.29, 0.717) is 13.1 Å². The maximum absolute atomic E-state index is 12.0. The van der Waals surface area contributed by atoms with Crippen molar-refractivity contribution >= 4 is 10.0 Å². The van der Waals surface area contributed by atoms with Gasteiger partial charge < -0.3 is 0 Å². The van der Waals surface area contributed by atoms with E-state index in [1.807, 2.05) is 12.1 Å². The van der Waals surface area contributed by atoms with Gasteiger partial charge in [0.05, 0.1) is 17.5 Å². The lowest BCUT2D eigenvalue weighted by atomic mass is 10.2. The quantitative estimate of drug-likeness (QED) is 0.749. The maximum Gasteiger partial charge on any atom is 0.217 e. The van der Waals surface area contributed by atoms with Crippen molar-refractivity contribution in [3.8, 4) is 0 Å². The first-order valence-corrected chi connectivity index (χ1v) is 6.60. The average molecular weight is 224 g/mol. The topological polar surface area (TPSA) is 50.3 Å². The Morgan fingerprint density at radius 2 is 2.13 bits per heavy atom. The third-order valence-electron chi connectivity index (χ3n) is 2.96. The third kappa shape index (κ3) is 1.46. The number of fused-ring (bicyclic) bond motifs is 1. The molecular formula is C10H12N2O2S. The molecule has 5 heteroatoms. The largest absolute Gasteiger partial charge is 0.260 e. The summed E-state index contributed by atoms with van der Waals surface area (Å²) in [5.41, 5.74) is 1.95. The molecule has 1 saturated carbocycles. The zero-order chi connectivity index (χ0) is 10.5. The highest BCUT2D eigenvalue weighted by atomic mass is 32.2. The van der Waals surface area contributed by atoms with Crippen molar-refractivity contribution in [1.82, 2.24) is 9.29 Å². The lowest BCUT2D eigenvalue weighted by molar-refractivity contribution is 0.428. The van der Waals surface area contributed by atoms with Crippen molar-refractivity contribution in [3.63, 3.8) is 0 Å². The number of nitrogens with zero attached hydrogens (tertiary/aromatic N) is 2. The van der Waals surface area contributed by atoms with E-state index >= 15 is 0 Å². The van der Waals surface area contributed by atoms with Gasteiger partial charge in [-0.05, 0) is 24.5 Å². The van der Waals surface area contributed by atoms with Gasteiger partial charge >= 0.3 is 0 Å². The first kappa shape index (κ1) is 9.30. The lowest BCUT2D eigenvalue weighted by Crippen LogP contribution is -2.28. The van der Waals surface area contributed by atoms with Crippen LogP contribution in [0, 0.1) is 0 Å². The summed E-state index contributed by atoms with van der Waals surface area (Å²) in [6, 6.07) is 3.80. The summed E-state index contributed by atoms with van der Waals surface area (Å²) in [4.78, 5) is 4.20. The second-order valence-electron chi connectivity index (χ2n) is 4.12. The van der Waals surface area contributed by atoms with Crippen LogP contribution in [0.3, 0.4) is 0 Å². The van der Waals surface area contributed by atoms with Crippen molar-refractivity contribution in [2.24, 2.45) is 0 Å². The smallest absolute Gasteiger partial charge is 0.217 e. The number of rotatable bonds is 2.